The van der Waals surface area contributed by atoms with Gasteiger partial charge in [0.05, 0.1) is 6.54 Å². The molecule has 0 aliphatic carbocycles. The van der Waals surface area contributed by atoms with Gasteiger partial charge in [-0.3, -0.25) is 14.5 Å². The molecule has 0 saturated carbocycles. The quantitative estimate of drug-likeness (QED) is 0.769. The van der Waals surface area contributed by atoms with E-state index in [4.69, 9.17) is 0 Å². The minimum atomic E-state index is -0.0653. The van der Waals surface area contributed by atoms with Crippen molar-refractivity contribution in [3.8, 4) is 0 Å². The Labute approximate surface area is 159 Å². The van der Waals surface area contributed by atoms with Crippen molar-refractivity contribution in [1.29, 1.82) is 0 Å². The van der Waals surface area contributed by atoms with Crippen molar-refractivity contribution in [3.05, 3.63) is 51.7 Å². The third-order valence-electron chi connectivity index (χ3n) is 4.26. The third-order valence-corrected chi connectivity index (χ3v) is 5.27. The van der Waals surface area contributed by atoms with Crippen LogP contribution in [0.5, 0.6) is 0 Å². The summed E-state index contributed by atoms with van der Waals surface area (Å²) < 4.78 is 0. The predicted molar refractivity (Wildman–Crippen MR) is 108 cm³/mol. The predicted octanol–water partition coefficient (Wildman–Crippen LogP) is 3.61. The number of aryl methyl sites for hydroxylation is 1. The lowest BCUT2D eigenvalue weighted by molar-refractivity contribution is -0.117. The first-order valence-corrected chi connectivity index (χ1v) is 9.73. The van der Waals surface area contributed by atoms with E-state index in [1.807, 2.05) is 25.8 Å². The van der Waals surface area contributed by atoms with E-state index < -0.39 is 0 Å². The Hall–Kier alpha value is -2.18. The highest BCUT2D eigenvalue weighted by Crippen LogP contribution is 2.17. The van der Waals surface area contributed by atoms with Crippen molar-refractivity contribution in [1.82, 2.24) is 9.80 Å². The Morgan fingerprint density at radius 2 is 1.73 bits per heavy atom. The fourth-order valence-electron chi connectivity index (χ4n) is 2.70. The first kappa shape index (κ1) is 20.1. The normalized spacial score (nSPS) is 10.8. The number of hydrogen-bond acceptors (Lipinski definition) is 4. The molecule has 6 heteroatoms. The average Bonchev–Trinajstić information content (AvgIpc) is 3.01. The number of rotatable bonds is 8. The van der Waals surface area contributed by atoms with E-state index in [1.54, 1.807) is 40.5 Å². The van der Waals surface area contributed by atoms with Gasteiger partial charge in [0, 0.05) is 35.8 Å². The summed E-state index contributed by atoms with van der Waals surface area (Å²) in [4.78, 5) is 29.6. The van der Waals surface area contributed by atoms with E-state index >= 15 is 0 Å². The van der Waals surface area contributed by atoms with Gasteiger partial charge in [0.1, 0.15) is 0 Å². The van der Waals surface area contributed by atoms with Gasteiger partial charge in [0.15, 0.2) is 0 Å². The Bertz CT molecular complexity index is 736. The van der Waals surface area contributed by atoms with Crippen LogP contribution in [-0.2, 0) is 11.3 Å². The summed E-state index contributed by atoms with van der Waals surface area (Å²) in [7, 11) is 1.94. The summed E-state index contributed by atoms with van der Waals surface area (Å²) in [6, 6.07) is 9.16. The van der Waals surface area contributed by atoms with Gasteiger partial charge in [-0.05, 0) is 69.1 Å². The summed E-state index contributed by atoms with van der Waals surface area (Å²) in [6.45, 7) is 8.45. The van der Waals surface area contributed by atoms with Crippen molar-refractivity contribution >= 4 is 28.8 Å². The number of anilines is 1. The number of amides is 2. The molecule has 5 nitrogen and oxygen atoms in total. The fourth-order valence-corrected chi connectivity index (χ4v) is 3.69. The highest BCUT2D eigenvalue weighted by Gasteiger charge is 2.13. The van der Waals surface area contributed by atoms with Crippen LogP contribution in [0, 0.1) is 6.92 Å². The Balaban J connectivity index is 1.89. The maximum absolute atomic E-state index is 12.3. The molecule has 1 aromatic heterocycles. The summed E-state index contributed by atoms with van der Waals surface area (Å²) in [5.74, 6) is -0.0524. The van der Waals surface area contributed by atoms with E-state index in [1.165, 1.54) is 10.4 Å². The van der Waals surface area contributed by atoms with Crippen LogP contribution in [0.2, 0.25) is 0 Å². The summed E-state index contributed by atoms with van der Waals surface area (Å²) in [5.41, 5.74) is 2.60. The molecule has 1 heterocycles. The standard InChI is InChI=1S/C20H27N3O2S/c1-5-23(6-2)20(25)16-7-9-17(10-8-16)21-19(24)14-22(4)13-18-15(3)11-12-26-18/h7-12H,5-6,13-14H2,1-4H3,(H,21,24). The van der Waals surface area contributed by atoms with Crippen LogP contribution in [0.3, 0.4) is 0 Å². The van der Waals surface area contributed by atoms with E-state index in [0.717, 1.165) is 6.54 Å². The Morgan fingerprint density at radius 1 is 1.08 bits per heavy atom. The zero-order valence-corrected chi connectivity index (χ0v) is 16.7. The molecule has 0 aliphatic heterocycles. The molecule has 2 aromatic rings. The first-order chi connectivity index (χ1) is 12.4. The summed E-state index contributed by atoms with van der Waals surface area (Å²) in [5, 5.41) is 4.96. The molecule has 2 amide bonds. The van der Waals surface area contributed by atoms with E-state index in [2.05, 4.69) is 23.7 Å². The smallest absolute Gasteiger partial charge is 0.253 e. The summed E-state index contributed by atoms with van der Waals surface area (Å²) in [6.07, 6.45) is 0. The number of likely N-dealkylation sites (N-methyl/N-ethyl adjacent to an activating group) is 1. The molecule has 1 aromatic carbocycles. The number of benzene rings is 1. The molecule has 0 aliphatic rings. The van der Waals surface area contributed by atoms with Crippen molar-refractivity contribution in [2.75, 3.05) is 32.0 Å². The van der Waals surface area contributed by atoms with Crippen molar-refractivity contribution in [2.24, 2.45) is 0 Å². The van der Waals surface area contributed by atoms with Gasteiger partial charge >= 0.3 is 0 Å². The minimum Gasteiger partial charge on any atom is -0.339 e. The molecule has 26 heavy (non-hydrogen) atoms. The molecule has 140 valence electrons. The molecular formula is C20H27N3O2S. The van der Waals surface area contributed by atoms with Crippen molar-refractivity contribution in [2.45, 2.75) is 27.3 Å². The van der Waals surface area contributed by atoms with Crippen LogP contribution >= 0.6 is 11.3 Å². The molecule has 0 unspecified atom stereocenters. The van der Waals surface area contributed by atoms with Crippen LogP contribution in [0.1, 0.15) is 34.6 Å². The molecule has 1 N–H and O–H groups in total. The Kier molecular flexibility index (Phi) is 7.36. The number of nitrogens with one attached hydrogen (secondary N) is 1. The van der Waals surface area contributed by atoms with Crippen molar-refractivity contribution < 1.29 is 9.59 Å². The van der Waals surface area contributed by atoms with Gasteiger partial charge in [-0.1, -0.05) is 0 Å². The second-order valence-electron chi connectivity index (χ2n) is 6.30. The maximum Gasteiger partial charge on any atom is 0.253 e. The lowest BCUT2D eigenvalue weighted by Gasteiger charge is -2.19. The SMILES string of the molecule is CCN(CC)C(=O)c1ccc(NC(=O)CN(C)Cc2sccc2C)cc1. The number of hydrogen-bond donors (Lipinski definition) is 1. The van der Waals surface area contributed by atoms with E-state index in [-0.39, 0.29) is 11.8 Å². The van der Waals surface area contributed by atoms with Gasteiger partial charge < -0.3 is 10.2 Å². The van der Waals surface area contributed by atoms with Gasteiger partial charge in [0.2, 0.25) is 5.91 Å². The van der Waals surface area contributed by atoms with Crippen LogP contribution in [0.4, 0.5) is 5.69 Å². The maximum atomic E-state index is 12.3. The van der Waals surface area contributed by atoms with Gasteiger partial charge in [0.25, 0.3) is 5.91 Å². The van der Waals surface area contributed by atoms with Gasteiger partial charge in [-0.25, -0.2) is 0 Å². The lowest BCUT2D eigenvalue weighted by Crippen LogP contribution is -2.30. The van der Waals surface area contributed by atoms with Crippen molar-refractivity contribution in [3.63, 3.8) is 0 Å². The zero-order valence-electron chi connectivity index (χ0n) is 15.9. The first-order valence-electron chi connectivity index (χ1n) is 8.85. The highest BCUT2D eigenvalue weighted by molar-refractivity contribution is 7.10. The second-order valence-corrected chi connectivity index (χ2v) is 7.30. The number of nitrogens with zero attached hydrogens (tertiary/aromatic N) is 2. The lowest BCUT2D eigenvalue weighted by atomic mass is 10.1. The fraction of sp³-hybridized carbons (Fsp3) is 0.400. The van der Waals surface area contributed by atoms with Crippen LogP contribution < -0.4 is 5.32 Å². The number of carbonyl (C=O) groups is 2. The molecule has 0 saturated heterocycles. The molecule has 0 radical (unpaired) electrons. The zero-order chi connectivity index (χ0) is 19.1. The molecule has 2 rings (SSSR count). The molecular weight excluding hydrogens is 346 g/mol. The average molecular weight is 374 g/mol. The molecule has 0 spiro atoms. The molecule has 0 fully saturated rings. The van der Waals surface area contributed by atoms with Crippen LogP contribution in [-0.4, -0.2) is 48.3 Å². The highest BCUT2D eigenvalue weighted by atomic mass is 32.1. The Morgan fingerprint density at radius 3 is 2.27 bits per heavy atom. The summed E-state index contributed by atoms with van der Waals surface area (Å²) >= 11 is 1.71. The van der Waals surface area contributed by atoms with E-state index in [9.17, 15) is 9.59 Å². The van der Waals surface area contributed by atoms with Crippen LogP contribution in [0.15, 0.2) is 35.7 Å². The minimum absolute atomic E-state index is 0.0129. The molecule has 0 atom stereocenters. The van der Waals surface area contributed by atoms with Gasteiger partial charge in [-0.15, -0.1) is 11.3 Å². The van der Waals surface area contributed by atoms with Crippen LogP contribution in [0.25, 0.3) is 0 Å². The topological polar surface area (TPSA) is 52.7 Å². The second kappa shape index (κ2) is 9.50. The monoisotopic (exact) mass is 373 g/mol. The van der Waals surface area contributed by atoms with E-state index in [0.29, 0.717) is 30.9 Å². The number of thiophene rings is 1. The largest absolute Gasteiger partial charge is 0.339 e. The number of carbonyl (C=O) groups excluding carboxylic acids is 2. The van der Waals surface area contributed by atoms with Gasteiger partial charge in [-0.2, -0.15) is 0 Å². The molecule has 0 bridgehead atoms. The third kappa shape index (κ3) is 5.41.